The van der Waals surface area contributed by atoms with Crippen LogP contribution in [0.15, 0.2) is 159 Å². The third-order valence-electron chi connectivity index (χ3n) is 6.23. The smallest absolute Gasteiger partial charge is 0.133 e. The SMILES string of the molecule is c1ccc([Si]2c3ccccc3S(c3ccccc3)(c3ccccc3)c3ccccc32)cc1. The van der Waals surface area contributed by atoms with Gasteiger partial charge in [-0.25, -0.2) is 0 Å². The molecule has 1 radical (unpaired) electrons. The fraction of sp³-hybridized carbons (Fsp3) is 0. The molecule has 0 unspecified atom stereocenters. The number of rotatable bonds is 3. The van der Waals surface area contributed by atoms with Crippen LogP contribution in [0.3, 0.4) is 0 Å². The fourth-order valence-corrected chi connectivity index (χ4v) is 13.1. The highest BCUT2D eigenvalue weighted by Gasteiger charge is 2.43. The van der Waals surface area contributed by atoms with E-state index in [1.165, 1.54) is 35.1 Å². The molecule has 0 bridgehead atoms. The molecular weight excluding hydrogens is 420 g/mol. The molecule has 0 spiro atoms. The van der Waals surface area contributed by atoms with Gasteiger partial charge in [0, 0.05) is 19.6 Å². The summed E-state index contributed by atoms with van der Waals surface area (Å²) in [5.41, 5.74) is 0. The van der Waals surface area contributed by atoms with E-state index >= 15 is 0 Å². The molecule has 0 fully saturated rings. The predicted octanol–water partition coefficient (Wildman–Crippen LogP) is 5.86. The lowest BCUT2D eigenvalue weighted by Crippen LogP contribution is -2.56. The zero-order valence-electron chi connectivity index (χ0n) is 17.7. The van der Waals surface area contributed by atoms with E-state index in [4.69, 9.17) is 0 Å². The Balaban J connectivity index is 1.78. The first-order valence-corrected chi connectivity index (χ1v) is 14.1. The van der Waals surface area contributed by atoms with Gasteiger partial charge in [0.2, 0.25) is 0 Å². The van der Waals surface area contributed by atoms with Gasteiger partial charge in [0.1, 0.15) is 0 Å². The predicted molar refractivity (Wildman–Crippen MR) is 138 cm³/mol. The van der Waals surface area contributed by atoms with Crippen molar-refractivity contribution in [1.82, 2.24) is 0 Å². The van der Waals surface area contributed by atoms with Crippen LogP contribution in [0.5, 0.6) is 0 Å². The first-order valence-electron chi connectivity index (χ1n) is 11.0. The Morgan fingerprint density at radius 3 is 1.22 bits per heavy atom. The van der Waals surface area contributed by atoms with E-state index in [2.05, 4.69) is 140 Å². The molecule has 6 rings (SSSR count). The van der Waals surface area contributed by atoms with E-state index in [1.54, 1.807) is 0 Å². The summed E-state index contributed by atoms with van der Waals surface area (Å²) in [5.74, 6) is 0. The highest BCUT2D eigenvalue weighted by molar-refractivity contribution is 8.34. The monoisotopic (exact) mass is 443 g/mol. The minimum absolute atomic E-state index is 1.10. The van der Waals surface area contributed by atoms with Gasteiger partial charge >= 0.3 is 0 Å². The minimum atomic E-state index is -1.59. The highest BCUT2D eigenvalue weighted by atomic mass is 32.3. The number of fused-ring (bicyclic) bond motifs is 2. The van der Waals surface area contributed by atoms with Gasteiger partial charge in [0.15, 0.2) is 8.80 Å². The Kier molecular flexibility index (Phi) is 4.83. The zero-order chi connectivity index (χ0) is 21.4. The van der Waals surface area contributed by atoms with E-state index in [0.717, 1.165) is 0 Å². The second-order valence-corrected chi connectivity index (χ2v) is 13.4. The molecule has 1 aliphatic rings. The van der Waals surface area contributed by atoms with Crippen LogP contribution in [0.25, 0.3) is 0 Å². The molecule has 0 saturated carbocycles. The van der Waals surface area contributed by atoms with Crippen molar-refractivity contribution in [3.05, 3.63) is 140 Å². The van der Waals surface area contributed by atoms with Crippen LogP contribution < -0.4 is 15.6 Å². The van der Waals surface area contributed by atoms with Gasteiger partial charge in [-0.1, -0.05) is 108 Å². The molecule has 0 aliphatic carbocycles. The maximum Gasteiger partial charge on any atom is 0.157 e. The van der Waals surface area contributed by atoms with Crippen molar-refractivity contribution in [3.63, 3.8) is 0 Å². The van der Waals surface area contributed by atoms with Crippen molar-refractivity contribution in [2.45, 2.75) is 19.6 Å². The maximum absolute atomic E-state index is 2.40. The summed E-state index contributed by atoms with van der Waals surface area (Å²) in [6.45, 7) is 0. The maximum atomic E-state index is 2.40. The average molecular weight is 444 g/mol. The largest absolute Gasteiger partial charge is 0.157 e. The van der Waals surface area contributed by atoms with Crippen LogP contribution in [0.2, 0.25) is 0 Å². The quantitative estimate of drug-likeness (QED) is 0.301. The third kappa shape index (κ3) is 2.84. The van der Waals surface area contributed by atoms with Crippen molar-refractivity contribution in [2.75, 3.05) is 0 Å². The lowest BCUT2D eigenvalue weighted by atomic mass is 10.3. The molecule has 5 aromatic rings. The summed E-state index contributed by atoms with van der Waals surface area (Å²) < 4.78 is 0. The van der Waals surface area contributed by atoms with Gasteiger partial charge in [-0.3, -0.25) is 0 Å². The second kappa shape index (κ2) is 7.98. The molecule has 32 heavy (non-hydrogen) atoms. The number of benzene rings is 5. The van der Waals surface area contributed by atoms with E-state index in [0.29, 0.717) is 0 Å². The molecule has 1 heterocycles. The van der Waals surface area contributed by atoms with Crippen molar-refractivity contribution in [1.29, 1.82) is 0 Å². The lowest BCUT2D eigenvalue weighted by Gasteiger charge is -2.48. The Bertz CT molecular complexity index is 1280. The molecule has 5 aromatic carbocycles. The number of hydrogen-bond donors (Lipinski definition) is 0. The zero-order valence-corrected chi connectivity index (χ0v) is 19.5. The van der Waals surface area contributed by atoms with Gasteiger partial charge < -0.3 is 0 Å². The summed E-state index contributed by atoms with van der Waals surface area (Å²) in [5, 5.41) is 4.49. The van der Waals surface area contributed by atoms with Crippen LogP contribution in [-0.4, -0.2) is 8.80 Å². The minimum Gasteiger partial charge on any atom is -0.133 e. The first kappa shape index (κ1) is 19.4. The first-order chi connectivity index (χ1) is 15.9. The average Bonchev–Trinajstić information content (AvgIpc) is 2.89. The molecule has 153 valence electrons. The fourth-order valence-electron chi connectivity index (χ4n) is 4.95. The molecule has 0 N–H and O–H groups in total. The standard InChI is InChI=1S/C30H23SSi/c1-4-14-24(15-5-1)31(25-16-6-2-7-17-25)27-20-10-12-22-29(27)32(26-18-8-3-9-19-26)30-23-13-11-21-28(30)31/h1-23H. The molecule has 0 nitrogen and oxygen atoms in total. The Labute approximate surface area is 193 Å². The van der Waals surface area contributed by atoms with Crippen LogP contribution in [0.4, 0.5) is 0 Å². The Morgan fingerprint density at radius 2 is 0.750 bits per heavy atom. The third-order valence-corrected chi connectivity index (χ3v) is 13.4. The van der Waals surface area contributed by atoms with Crippen LogP contribution in [0, 0.1) is 0 Å². The summed E-state index contributed by atoms with van der Waals surface area (Å²) in [4.78, 5) is 5.79. The van der Waals surface area contributed by atoms with Gasteiger partial charge in [0.25, 0.3) is 0 Å². The second-order valence-electron chi connectivity index (χ2n) is 7.97. The van der Waals surface area contributed by atoms with Crippen molar-refractivity contribution < 1.29 is 0 Å². The van der Waals surface area contributed by atoms with Crippen LogP contribution in [-0.2, 0) is 0 Å². The molecule has 0 amide bonds. The molecule has 0 atom stereocenters. The van der Waals surface area contributed by atoms with Gasteiger partial charge in [0.05, 0.1) is 0 Å². The van der Waals surface area contributed by atoms with Crippen molar-refractivity contribution >= 4 is 34.4 Å². The van der Waals surface area contributed by atoms with Gasteiger partial charge in [-0.15, -0.1) is 10.0 Å². The molecular formula is C30H23SSi. The molecule has 2 heteroatoms. The van der Waals surface area contributed by atoms with E-state index in [-0.39, 0.29) is 0 Å². The van der Waals surface area contributed by atoms with Crippen LogP contribution >= 0.6 is 10.0 Å². The molecule has 1 aliphatic heterocycles. The Morgan fingerprint density at radius 1 is 0.375 bits per heavy atom. The van der Waals surface area contributed by atoms with Gasteiger partial charge in [-0.05, 0) is 46.8 Å². The lowest BCUT2D eigenvalue weighted by molar-refractivity contribution is 1.25. The normalized spacial score (nSPS) is 15.4. The van der Waals surface area contributed by atoms with E-state index < -0.39 is 18.8 Å². The van der Waals surface area contributed by atoms with E-state index in [9.17, 15) is 0 Å². The molecule has 0 aromatic heterocycles. The topological polar surface area (TPSA) is 0 Å². The Hall–Kier alpha value is -3.33. The van der Waals surface area contributed by atoms with Gasteiger partial charge in [-0.2, -0.15) is 0 Å². The summed E-state index contributed by atoms with van der Waals surface area (Å²) in [6, 6.07) is 51.9. The van der Waals surface area contributed by atoms with Crippen molar-refractivity contribution in [2.24, 2.45) is 0 Å². The van der Waals surface area contributed by atoms with Crippen LogP contribution in [0.1, 0.15) is 0 Å². The van der Waals surface area contributed by atoms with Crippen molar-refractivity contribution in [3.8, 4) is 0 Å². The summed E-state index contributed by atoms with van der Waals surface area (Å²) in [7, 11) is -2.69. The van der Waals surface area contributed by atoms with E-state index in [1.807, 2.05) is 0 Å². The highest BCUT2D eigenvalue weighted by Crippen LogP contribution is 2.73. The summed E-state index contributed by atoms with van der Waals surface area (Å²) in [6.07, 6.45) is 0. The summed E-state index contributed by atoms with van der Waals surface area (Å²) >= 11 is 0. The molecule has 0 saturated heterocycles. The number of hydrogen-bond acceptors (Lipinski definition) is 0.